The summed E-state index contributed by atoms with van der Waals surface area (Å²) in [6, 6.07) is 3.59. The molecule has 0 heterocycles. The number of methoxy groups -OCH3 is 3. The summed E-state index contributed by atoms with van der Waals surface area (Å²) in [5.41, 5.74) is 6.44. The molecule has 0 spiro atoms. The van der Waals surface area contributed by atoms with Gasteiger partial charge in [0, 0.05) is 6.54 Å². The van der Waals surface area contributed by atoms with E-state index in [-0.39, 0.29) is 30.3 Å². The van der Waals surface area contributed by atoms with Gasteiger partial charge in [-0.2, -0.15) is 0 Å². The second-order valence-corrected chi connectivity index (χ2v) is 5.95. The van der Waals surface area contributed by atoms with Crippen LogP contribution in [0.5, 0.6) is 17.2 Å². The molecule has 2 rings (SSSR count). The first-order valence-electron chi connectivity index (χ1n) is 7.87. The monoisotopic (exact) mass is 358 g/mol. The van der Waals surface area contributed by atoms with Crippen molar-refractivity contribution in [1.29, 1.82) is 0 Å². The molecule has 0 atom stereocenters. The van der Waals surface area contributed by atoms with Crippen molar-refractivity contribution in [2.45, 2.75) is 37.6 Å². The van der Waals surface area contributed by atoms with Crippen molar-refractivity contribution in [2.75, 3.05) is 27.9 Å². The van der Waals surface area contributed by atoms with Crippen molar-refractivity contribution in [3.63, 3.8) is 0 Å². The standard InChI is InChI=1S/C17H26N2O4.ClH/c1-21-13-8-12(9-14(22-2)16(13)23-3)10-15(20)19-17(11-18)6-4-5-7-17;/h8-9H,4-7,10-11,18H2,1-3H3,(H,19,20);1H. The molecule has 0 unspecified atom stereocenters. The Morgan fingerprint density at radius 1 is 1.12 bits per heavy atom. The van der Waals surface area contributed by atoms with Crippen LogP contribution in [-0.2, 0) is 11.2 Å². The number of carbonyl (C=O) groups is 1. The largest absolute Gasteiger partial charge is 0.493 e. The van der Waals surface area contributed by atoms with Gasteiger partial charge in [-0.25, -0.2) is 0 Å². The van der Waals surface area contributed by atoms with Crippen LogP contribution in [0.3, 0.4) is 0 Å². The molecule has 1 aliphatic rings. The molecule has 1 saturated carbocycles. The molecule has 6 nitrogen and oxygen atoms in total. The van der Waals surface area contributed by atoms with Gasteiger partial charge in [0.05, 0.1) is 33.3 Å². The smallest absolute Gasteiger partial charge is 0.224 e. The lowest BCUT2D eigenvalue weighted by Gasteiger charge is -2.28. The van der Waals surface area contributed by atoms with Gasteiger partial charge in [0.2, 0.25) is 11.7 Å². The first-order valence-corrected chi connectivity index (χ1v) is 7.87. The van der Waals surface area contributed by atoms with E-state index >= 15 is 0 Å². The molecule has 24 heavy (non-hydrogen) atoms. The maximum absolute atomic E-state index is 12.4. The number of amides is 1. The number of nitrogens with one attached hydrogen (secondary N) is 1. The van der Waals surface area contributed by atoms with Crippen LogP contribution in [0, 0.1) is 0 Å². The normalized spacial score (nSPS) is 15.3. The number of hydrogen-bond acceptors (Lipinski definition) is 5. The first-order chi connectivity index (χ1) is 11.1. The summed E-state index contributed by atoms with van der Waals surface area (Å²) in [6.07, 6.45) is 4.37. The minimum Gasteiger partial charge on any atom is -0.493 e. The lowest BCUT2D eigenvalue weighted by Crippen LogP contribution is -2.52. The number of carbonyl (C=O) groups excluding carboxylic acids is 1. The highest BCUT2D eigenvalue weighted by Gasteiger charge is 2.33. The fraction of sp³-hybridized carbons (Fsp3) is 0.588. The van der Waals surface area contributed by atoms with Crippen LogP contribution in [-0.4, -0.2) is 39.3 Å². The third-order valence-electron chi connectivity index (χ3n) is 4.45. The van der Waals surface area contributed by atoms with Crippen LogP contribution in [0.25, 0.3) is 0 Å². The van der Waals surface area contributed by atoms with Crippen LogP contribution in [0.15, 0.2) is 12.1 Å². The van der Waals surface area contributed by atoms with Crippen LogP contribution in [0.4, 0.5) is 0 Å². The molecular formula is C17H27ClN2O4. The Morgan fingerprint density at radius 2 is 1.67 bits per heavy atom. The Morgan fingerprint density at radius 3 is 2.08 bits per heavy atom. The summed E-state index contributed by atoms with van der Waals surface area (Å²) in [7, 11) is 4.67. The molecule has 3 N–H and O–H groups in total. The Bertz CT molecular complexity index is 535. The van der Waals surface area contributed by atoms with Gasteiger partial charge in [-0.15, -0.1) is 12.4 Å². The van der Waals surface area contributed by atoms with E-state index in [1.807, 2.05) is 0 Å². The molecule has 0 aliphatic heterocycles. The van der Waals surface area contributed by atoms with Crippen LogP contribution in [0.1, 0.15) is 31.2 Å². The molecule has 1 aromatic rings. The van der Waals surface area contributed by atoms with Gasteiger partial charge in [0.25, 0.3) is 0 Å². The summed E-state index contributed by atoms with van der Waals surface area (Å²) in [4.78, 5) is 12.4. The van der Waals surface area contributed by atoms with E-state index in [2.05, 4.69) is 5.32 Å². The van der Waals surface area contributed by atoms with E-state index < -0.39 is 0 Å². The van der Waals surface area contributed by atoms with E-state index in [9.17, 15) is 4.79 Å². The van der Waals surface area contributed by atoms with Gasteiger partial charge in [-0.05, 0) is 30.5 Å². The SMILES string of the molecule is COc1cc(CC(=O)NC2(CN)CCCC2)cc(OC)c1OC.Cl. The van der Waals surface area contributed by atoms with Crippen molar-refractivity contribution < 1.29 is 19.0 Å². The Balaban J connectivity index is 0.00000288. The molecule has 1 fully saturated rings. The minimum absolute atomic E-state index is 0. The Kier molecular flexibility index (Phi) is 7.63. The number of benzene rings is 1. The van der Waals surface area contributed by atoms with Crippen molar-refractivity contribution in [3.8, 4) is 17.2 Å². The fourth-order valence-electron chi connectivity index (χ4n) is 3.19. The van der Waals surface area contributed by atoms with E-state index in [1.54, 1.807) is 33.5 Å². The maximum Gasteiger partial charge on any atom is 0.224 e. The quantitative estimate of drug-likeness (QED) is 0.779. The van der Waals surface area contributed by atoms with Gasteiger partial charge < -0.3 is 25.3 Å². The number of rotatable bonds is 7. The van der Waals surface area contributed by atoms with Gasteiger partial charge in [-0.3, -0.25) is 4.79 Å². The molecular weight excluding hydrogens is 332 g/mol. The third-order valence-corrected chi connectivity index (χ3v) is 4.45. The number of nitrogens with two attached hydrogens (primary N) is 1. The van der Waals surface area contributed by atoms with E-state index in [0.29, 0.717) is 23.8 Å². The van der Waals surface area contributed by atoms with Gasteiger partial charge in [0.1, 0.15) is 0 Å². The summed E-state index contributed by atoms with van der Waals surface area (Å²) < 4.78 is 15.9. The van der Waals surface area contributed by atoms with Crippen LogP contribution in [0.2, 0.25) is 0 Å². The van der Waals surface area contributed by atoms with Crippen molar-refractivity contribution >= 4 is 18.3 Å². The zero-order chi connectivity index (χ0) is 16.9. The van der Waals surface area contributed by atoms with Crippen LogP contribution >= 0.6 is 12.4 Å². The van der Waals surface area contributed by atoms with Gasteiger partial charge in [-0.1, -0.05) is 12.8 Å². The zero-order valence-electron chi connectivity index (χ0n) is 14.5. The number of hydrogen-bond donors (Lipinski definition) is 2. The zero-order valence-corrected chi connectivity index (χ0v) is 15.3. The summed E-state index contributed by atoms with van der Waals surface area (Å²) in [5.74, 6) is 1.58. The predicted molar refractivity (Wildman–Crippen MR) is 95.4 cm³/mol. The number of halogens is 1. The molecule has 7 heteroatoms. The average Bonchev–Trinajstić information content (AvgIpc) is 3.02. The van der Waals surface area contributed by atoms with Crippen molar-refractivity contribution in [1.82, 2.24) is 5.32 Å². The molecule has 1 aliphatic carbocycles. The summed E-state index contributed by atoms with van der Waals surface area (Å²) >= 11 is 0. The highest BCUT2D eigenvalue weighted by atomic mass is 35.5. The minimum atomic E-state index is -0.238. The van der Waals surface area contributed by atoms with E-state index in [4.69, 9.17) is 19.9 Å². The molecule has 0 aromatic heterocycles. The Hall–Kier alpha value is -1.66. The molecule has 136 valence electrons. The summed E-state index contributed by atoms with van der Waals surface area (Å²) in [5, 5.41) is 3.12. The lowest BCUT2D eigenvalue weighted by atomic mass is 9.97. The highest BCUT2D eigenvalue weighted by molar-refractivity contribution is 5.85. The van der Waals surface area contributed by atoms with E-state index in [0.717, 1.165) is 31.2 Å². The van der Waals surface area contributed by atoms with E-state index in [1.165, 1.54) is 0 Å². The molecule has 0 bridgehead atoms. The third kappa shape index (κ3) is 4.45. The van der Waals surface area contributed by atoms with Crippen LogP contribution < -0.4 is 25.3 Å². The molecule has 0 radical (unpaired) electrons. The fourth-order valence-corrected chi connectivity index (χ4v) is 3.19. The number of ether oxygens (including phenoxy) is 3. The van der Waals surface area contributed by atoms with Gasteiger partial charge in [0.15, 0.2) is 11.5 Å². The lowest BCUT2D eigenvalue weighted by molar-refractivity contribution is -0.122. The predicted octanol–water partition coefficient (Wildman–Crippen LogP) is 2.06. The first kappa shape index (κ1) is 20.4. The van der Waals surface area contributed by atoms with Gasteiger partial charge >= 0.3 is 0 Å². The molecule has 1 amide bonds. The topological polar surface area (TPSA) is 82.8 Å². The van der Waals surface area contributed by atoms with Crippen molar-refractivity contribution in [3.05, 3.63) is 17.7 Å². The molecule has 1 aromatic carbocycles. The average molecular weight is 359 g/mol. The Labute approximate surface area is 149 Å². The molecule has 0 saturated heterocycles. The second-order valence-electron chi connectivity index (χ2n) is 5.95. The highest BCUT2D eigenvalue weighted by Crippen LogP contribution is 2.38. The maximum atomic E-state index is 12.4. The second kappa shape index (κ2) is 8.99. The van der Waals surface area contributed by atoms with Crippen molar-refractivity contribution in [2.24, 2.45) is 5.73 Å². The summed E-state index contributed by atoms with van der Waals surface area (Å²) in [6.45, 7) is 0.480.